The second kappa shape index (κ2) is 6.10. The van der Waals surface area contributed by atoms with Gasteiger partial charge in [0.05, 0.1) is 6.67 Å². The molecule has 0 fully saturated rings. The van der Waals surface area contributed by atoms with Crippen molar-refractivity contribution >= 4 is 7.82 Å². The highest BCUT2D eigenvalue weighted by Crippen LogP contribution is 2.39. The summed E-state index contributed by atoms with van der Waals surface area (Å²) in [5, 5.41) is 0. The number of phosphoric ester groups is 1. The van der Waals surface area contributed by atoms with E-state index < -0.39 is 20.7 Å². The van der Waals surface area contributed by atoms with E-state index in [2.05, 4.69) is 4.52 Å². The van der Waals surface area contributed by atoms with Crippen molar-refractivity contribution in [3.05, 3.63) is 29.8 Å². The van der Waals surface area contributed by atoms with Gasteiger partial charge in [0.25, 0.3) is 0 Å². The highest BCUT2D eigenvalue weighted by Gasteiger charge is 2.19. The van der Waals surface area contributed by atoms with Crippen molar-refractivity contribution in [2.45, 2.75) is 19.0 Å². The van der Waals surface area contributed by atoms with Gasteiger partial charge in [-0.2, -0.15) is 0 Å². The molecule has 4 nitrogen and oxygen atoms in total. The molecule has 96 valence electrons. The van der Waals surface area contributed by atoms with Crippen LogP contribution in [-0.4, -0.2) is 22.6 Å². The van der Waals surface area contributed by atoms with E-state index in [1.807, 2.05) is 0 Å². The zero-order valence-electron chi connectivity index (χ0n) is 8.92. The van der Waals surface area contributed by atoms with Crippen molar-refractivity contribution in [3.8, 4) is 5.75 Å². The van der Waals surface area contributed by atoms with Crippen molar-refractivity contribution in [2.24, 2.45) is 0 Å². The lowest BCUT2D eigenvalue weighted by Crippen LogP contribution is -2.07. The lowest BCUT2D eigenvalue weighted by atomic mass is 10.1. The number of hydrogen-bond donors (Lipinski definition) is 2. The van der Waals surface area contributed by atoms with E-state index in [-0.39, 0.29) is 18.6 Å². The summed E-state index contributed by atoms with van der Waals surface area (Å²) in [5.41, 5.74) is 0.303. The van der Waals surface area contributed by atoms with Crippen LogP contribution in [0.4, 0.5) is 8.78 Å². The Hall–Kier alpha value is -0.970. The average molecular weight is 266 g/mol. The first-order valence-corrected chi connectivity index (χ1v) is 6.48. The Labute approximate surface area is 97.5 Å². The van der Waals surface area contributed by atoms with Crippen LogP contribution in [0.2, 0.25) is 0 Å². The molecule has 1 aromatic rings. The summed E-state index contributed by atoms with van der Waals surface area (Å²) < 4.78 is 40.2. The van der Waals surface area contributed by atoms with Crippen LogP contribution in [0.5, 0.6) is 5.75 Å². The molecule has 1 atom stereocenters. The summed E-state index contributed by atoms with van der Waals surface area (Å²) in [6.07, 6.45) is -1.79. The van der Waals surface area contributed by atoms with Crippen molar-refractivity contribution in [3.63, 3.8) is 0 Å². The number of para-hydroxylation sites is 1. The van der Waals surface area contributed by atoms with Crippen molar-refractivity contribution in [1.29, 1.82) is 0 Å². The highest BCUT2D eigenvalue weighted by atomic mass is 31.2. The SMILES string of the molecule is O=P(O)(O)Oc1ccccc1CC(F)CCF. The van der Waals surface area contributed by atoms with Gasteiger partial charge in [0, 0.05) is 12.8 Å². The summed E-state index contributed by atoms with van der Waals surface area (Å²) in [6.45, 7) is -0.775. The first kappa shape index (κ1) is 14.1. The fraction of sp³-hybridized carbons (Fsp3) is 0.400. The number of alkyl halides is 2. The topological polar surface area (TPSA) is 66.8 Å². The molecule has 0 saturated carbocycles. The predicted molar refractivity (Wildman–Crippen MR) is 58.3 cm³/mol. The predicted octanol–water partition coefficient (Wildman–Crippen LogP) is 2.40. The minimum Gasteiger partial charge on any atom is -0.404 e. The number of rotatable bonds is 6. The van der Waals surface area contributed by atoms with Crippen molar-refractivity contribution < 1.29 is 27.7 Å². The van der Waals surface area contributed by atoms with E-state index in [1.54, 1.807) is 6.07 Å². The van der Waals surface area contributed by atoms with Crippen LogP contribution in [0.3, 0.4) is 0 Å². The van der Waals surface area contributed by atoms with E-state index >= 15 is 0 Å². The van der Waals surface area contributed by atoms with E-state index in [9.17, 15) is 13.3 Å². The molecule has 0 heterocycles. The van der Waals surface area contributed by atoms with Crippen LogP contribution < -0.4 is 4.52 Å². The molecule has 0 amide bonds. The van der Waals surface area contributed by atoms with Crippen molar-refractivity contribution in [2.75, 3.05) is 6.67 Å². The van der Waals surface area contributed by atoms with Crippen LogP contribution in [-0.2, 0) is 11.0 Å². The summed E-state index contributed by atoms with van der Waals surface area (Å²) in [4.78, 5) is 17.3. The maximum atomic E-state index is 13.2. The van der Waals surface area contributed by atoms with Gasteiger partial charge in [-0.15, -0.1) is 0 Å². The standard InChI is InChI=1S/C10H13F2O4P/c11-6-5-9(12)7-8-3-1-2-4-10(8)16-17(13,14)15/h1-4,9H,5-7H2,(H2,13,14,15). The van der Waals surface area contributed by atoms with Crippen LogP contribution in [0.25, 0.3) is 0 Å². The maximum Gasteiger partial charge on any atom is 0.524 e. The van der Waals surface area contributed by atoms with Gasteiger partial charge in [0.15, 0.2) is 0 Å². The van der Waals surface area contributed by atoms with E-state index in [0.29, 0.717) is 5.56 Å². The molecule has 0 spiro atoms. The van der Waals surface area contributed by atoms with Crippen molar-refractivity contribution in [1.82, 2.24) is 0 Å². The van der Waals surface area contributed by atoms with Gasteiger partial charge in [-0.3, -0.25) is 14.2 Å². The molecular weight excluding hydrogens is 253 g/mol. The van der Waals surface area contributed by atoms with E-state index in [0.717, 1.165) is 0 Å². The minimum atomic E-state index is -4.67. The van der Waals surface area contributed by atoms with E-state index in [4.69, 9.17) is 9.79 Å². The summed E-state index contributed by atoms with van der Waals surface area (Å²) >= 11 is 0. The third-order valence-corrected chi connectivity index (χ3v) is 2.49. The molecule has 0 aliphatic rings. The van der Waals surface area contributed by atoms with Gasteiger partial charge in [0.2, 0.25) is 0 Å². The zero-order chi connectivity index (χ0) is 12.9. The monoisotopic (exact) mass is 266 g/mol. The highest BCUT2D eigenvalue weighted by molar-refractivity contribution is 7.46. The summed E-state index contributed by atoms with van der Waals surface area (Å²) in [7, 11) is -4.67. The third-order valence-electron chi connectivity index (χ3n) is 2.05. The molecule has 7 heteroatoms. The van der Waals surface area contributed by atoms with Gasteiger partial charge in [-0.1, -0.05) is 18.2 Å². The Kier molecular flexibility index (Phi) is 5.05. The Morgan fingerprint density at radius 2 is 2.00 bits per heavy atom. The van der Waals surface area contributed by atoms with Gasteiger partial charge in [-0.05, 0) is 11.6 Å². The summed E-state index contributed by atoms with van der Waals surface area (Å²) in [6, 6.07) is 5.91. The van der Waals surface area contributed by atoms with Gasteiger partial charge in [-0.25, -0.2) is 8.96 Å². The Morgan fingerprint density at radius 3 is 2.59 bits per heavy atom. The Morgan fingerprint density at radius 1 is 1.35 bits per heavy atom. The average Bonchev–Trinajstić information content (AvgIpc) is 2.19. The zero-order valence-corrected chi connectivity index (χ0v) is 9.82. The Balaban J connectivity index is 2.81. The van der Waals surface area contributed by atoms with E-state index in [1.165, 1.54) is 18.2 Å². The van der Waals surface area contributed by atoms with Crippen LogP contribution in [0, 0.1) is 0 Å². The molecule has 0 aliphatic heterocycles. The molecular formula is C10H13F2O4P. The number of benzene rings is 1. The second-order valence-electron chi connectivity index (χ2n) is 3.47. The van der Waals surface area contributed by atoms with Gasteiger partial charge < -0.3 is 4.52 Å². The fourth-order valence-corrected chi connectivity index (χ4v) is 1.78. The molecule has 0 aromatic heterocycles. The molecule has 2 N–H and O–H groups in total. The van der Waals surface area contributed by atoms with Crippen LogP contribution in [0.1, 0.15) is 12.0 Å². The Bertz CT molecular complexity index is 407. The number of hydrogen-bond acceptors (Lipinski definition) is 2. The van der Waals surface area contributed by atoms with Gasteiger partial charge >= 0.3 is 7.82 Å². The van der Waals surface area contributed by atoms with Crippen LogP contribution >= 0.6 is 7.82 Å². The van der Waals surface area contributed by atoms with Crippen LogP contribution in [0.15, 0.2) is 24.3 Å². The first-order valence-electron chi connectivity index (χ1n) is 4.95. The maximum absolute atomic E-state index is 13.2. The molecule has 1 unspecified atom stereocenters. The second-order valence-corrected chi connectivity index (χ2v) is 4.63. The number of halogens is 2. The third kappa shape index (κ3) is 5.26. The van der Waals surface area contributed by atoms with Gasteiger partial charge in [0.1, 0.15) is 11.9 Å². The molecule has 0 saturated heterocycles. The molecule has 17 heavy (non-hydrogen) atoms. The number of phosphoric acid groups is 1. The fourth-order valence-electron chi connectivity index (χ4n) is 1.35. The molecule has 0 bridgehead atoms. The quantitative estimate of drug-likeness (QED) is 0.776. The lowest BCUT2D eigenvalue weighted by Gasteiger charge is -2.13. The molecule has 1 aromatic carbocycles. The first-order chi connectivity index (χ1) is 7.92. The molecule has 0 aliphatic carbocycles. The largest absolute Gasteiger partial charge is 0.524 e. The molecule has 1 rings (SSSR count). The minimum absolute atomic E-state index is 0.0812. The normalized spacial score (nSPS) is 13.4. The lowest BCUT2D eigenvalue weighted by molar-refractivity contribution is 0.270. The summed E-state index contributed by atoms with van der Waals surface area (Å²) in [5.74, 6) is -0.0812. The smallest absolute Gasteiger partial charge is 0.404 e. The molecule has 0 radical (unpaired) electrons.